The van der Waals surface area contributed by atoms with Crippen molar-refractivity contribution in [1.82, 2.24) is 14.5 Å². The van der Waals surface area contributed by atoms with E-state index < -0.39 is 16.1 Å². The Morgan fingerprint density at radius 2 is 1.97 bits per heavy atom. The first-order valence-corrected chi connectivity index (χ1v) is 12.4. The SMILES string of the molecule is CC(C)CN1CC2(CCN(C(=O)C3CCC(=O)N3)CC2)COc2ccccc2S1(=O)=O. The first-order valence-electron chi connectivity index (χ1n) is 11.0. The Bertz CT molecular complexity index is 954. The van der Waals surface area contributed by atoms with Crippen LogP contribution in [0, 0.1) is 11.3 Å². The summed E-state index contributed by atoms with van der Waals surface area (Å²) in [6.07, 6.45) is 2.25. The van der Waals surface area contributed by atoms with Gasteiger partial charge in [0.2, 0.25) is 21.8 Å². The Kier molecular flexibility index (Phi) is 6.00. The molecule has 0 saturated carbocycles. The molecule has 9 heteroatoms. The fourth-order valence-electron chi connectivity index (χ4n) is 4.75. The van der Waals surface area contributed by atoms with Gasteiger partial charge in [-0.05, 0) is 37.3 Å². The molecule has 3 aliphatic rings. The van der Waals surface area contributed by atoms with Gasteiger partial charge in [-0.25, -0.2) is 8.42 Å². The second kappa shape index (κ2) is 8.43. The minimum atomic E-state index is -3.68. The molecule has 170 valence electrons. The topological polar surface area (TPSA) is 96.0 Å². The second-order valence-electron chi connectivity index (χ2n) is 9.41. The molecule has 0 bridgehead atoms. The van der Waals surface area contributed by atoms with Gasteiger partial charge in [-0.3, -0.25) is 9.59 Å². The number of amides is 2. The number of benzene rings is 1. The number of nitrogens with zero attached hydrogens (tertiary/aromatic N) is 2. The summed E-state index contributed by atoms with van der Waals surface area (Å²) >= 11 is 0. The van der Waals surface area contributed by atoms with Crippen LogP contribution in [-0.2, 0) is 19.6 Å². The van der Waals surface area contributed by atoms with Crippen LogP contribution in [0.25, 0.3) is 0 Å². The molecular formula is C22H31N3O5S. The van der Waals surface area contributed by atoms with E-state index in [1.165, 1.54) is 0 Å². The van der Waals surface area contributed by atoms with Gasteiger partial charge >= 0.3 is 0 Å². The zero-order chi connectivity index (χ0) is 22.2. The zero-order valence-corrected chi connectivity index (χ0v) is 19.0. The molecule has 4 rings (SSSR count). The summed E-state index contributed by atoms with van der Waals surface area (Å²) in [5, 5.41) is 2.75. The van der Waals surface area contributed by atoms with Gasteiger partial charge in [0, 0.05) is 38.0 Å². The average Bonchev–Trinajstić information content (AvgIpc) is 3.17. The van der Waals surface area contributed by atoms with E-state index in [1.807, 2.05) is 13.8 Å². The van der Waals surface area contributed by atoms with Gasteiger partial charge in [-0.15, -0.1) is 0 Å². The van der Waals surface area contributed by atoms with Crippen LogP contribution >= 0.6 is 0 Å². The van der Waals surface area contributed by atoms with Gasteiger partial charge in [-0.2, -0.15) is 4.31 Å². The number of sulfonamides is 1. The molecule has 3 heterocycles. The van der Waals surface area contributed by atoms with Crippen molar-refractivity contribution in [2.45, 2.75) is 50.5 Å². The quantitative estimate of drug-likeness (QED) is 0.756. The lowest BCUT2D eigenvalue weighted by molar-refractivity contribution is -0.137. The fraction of sp³-hybridized carbons (Fsp3) is 0.636. The molecular weight excluding hydrogens is 418 g/mol. The molecule has 1 unspecified atom stereocenters. The molecule has 0 aromatic heterocycles. The number of likely N-dealkylation sites (tertiary alicyclic amines) is 1. The highest BCUT2D eigenvalue weighted by atomic mass is 32.2. The van der Waals surface area contributed by atoms with Crippen molar-refractivity contribution in [2.75, 3.05) is 32.8 Å². The third-order valence-corrected chi connectivity index (χ3v) is 8.36. The van der Waals surface area contributed by atoms with Gasteiger partial charge in [0.05, 0.1) is 6.61 Å². The van der Waals surface area contributed by atoms with Crippen LogP contribution in [0.5, 0.6) is 5.75 Å². The number of hydrogen-bond donors (Lipinski definition) is 1. The molecule has 0 aliphatic carbocycles. The molecule has 2 saturated heterocycles. The summed E-state index contributed by atoms with van der Waals surface area (Å²) in [6, 6.07) is 6.39. The lowest BCUT2D eigenvalue weighted by Gasteiger charge is -2.45. The number of ether oxygens (including phenoxy) is 1. The third kappa shape index (κ3) is 4.43. The molecule has 0 radical (unpaired) electrons. The minimum absolute atomic E-state index is 0.0375. The number of carbonyl (C=O) groups excluding carboxylic acids is 2. The summed E-state index contributed by atoms with van der Waals surface area (Å²) in [4.78, 5) is 26.3. The molecule has 3 aliphatic heterocycles. The van der Waals surface area contributed by atoms with Crippen LogP contribution in [0.15, 0.2) is 29.2 Å². The average molecular weight is 450 g/mol. The number of rotatable bonds is 3. The van der Waals surface area contributed by atoms with Crippen molar-refractivity contribution in [1.29, 1.82) is 0 Å². The smallest absolute Gasteiger partial charge is 0.246 e. The Balaban J connectivity index is 1.55. The van der Waals surface area contributed by atoms with Crippen molar-refractivity contribution in [3.63, 3.8) is 0 Å². The molecule has 2 fully saturated rings. The third-order valence-electron chi connectivity index (χ3n) is 6.51. The molecule has 1 N–H and O–H groups in total. The molecule has 2 amide bonds. The second-order valence-corrected chi connectivity index (χ2v) is 11.3. The standard InChI is InChI=1S/C22H31N3O5S/c1-16(2)13-25-14-22(15-30-18-5-3-4-6-19(18)31(25,28)29)9-11-24(12-10-22)21(27)17-7-8-20(26)23-17/h3-6,16-17H,7-15H2,1-2H3,(H,23,26). The van der Waals surface area contributed by atoms with Gasteiger partial charge in [-0.1, -0.05) is 26.0 Å². The maximum atomic E-state index is 13.5. The lowest BCUT2D eigenvalue weighted by Crippen LogP contribution is -2.55. The lowest BCUT2D eigenvalue weighted by atomic mass is 9.78. The first kappa shape index (κ1) is 22.1. The van der Waals surface area contributed by atoms with E-state index in [9.17, 15) is 18.0 Å². The predicted molar refractivity (Wildman–Crippen MR) is 115 cm³/mol. The predicted octanol–water partition coefficient (Wildman–Crippen LogP) is 1.61. The van der Waals surface area contributed by atoms with Crippen LogP contribution in [0.2, 0.25) is 0 Å². The van der Waals surface area contributed by atoms with E-state index in [1.54, 1.807) is 33.5 Å². The van der Waals surface area contributed by atoms with Crippen LogP contribution in [0.4, 0.5) is 0 Å². The van der Waals surface area contributed by atoms with Crippen molar-refractivity contribution in [3.05, 3.63) is 24.3 Å². The summed E-state index contributed by atoms with van der Waals surface area (Å²) in [6.45, 7) is 6.33. The largest absolute Gasteiger partial charge is 0.492 e. The Morgan fingerprint density at radius 3 is 2.61 bits per heavy atom. The molecule has 1 atom stereocenters. The van der Waals surface area contributed by atoms with E-state index in [4.69, 9.17) is 4.74 Å². The van der Waals surface area contributed by atoms with Crippen LogP contribution < -0.4 is 10.1 Å². The number of nitrogens with one attached hydrogen (secondary N) is 1. The Morgan fingerprint density at radius 1 is 1.26 bits per heavy atom. The van der Waals surface area contributed by atoms with Crippen LogP contribution in [-0.4, -0.2) is 68.3 Å². The molecule has 8 nitrogen and oxygen atoms in total. The highest BCUT2D eigenvalue weighted by Gasteiger charge is 2.44. The summed E-state index contributed by atoms with van der Waals surface area (Å²) in [5.41, 5.74) is -0.356. The van der Waals surface area contributed by atoms with Gasteiger partial charge in [0.25, 0.3) is 0 Å². The number of piperidine rings is 1. The summed E-state index contributed by atoms with van der Waals surface area (Å²) in [7, 11) is -3.68. The number of fused-ring (bicyclic) bond motifs is 1. The van der Waals surface area contributed by atoms with Crippen molar-refractivity contribution >= 4 is 21.8 Å². The Hall–Kier alpha value is -2.13. The van der Waals surface area contributed by atoms with E-state index in [2.05, 4.69) is 5.32 Å². The first-order chi connectivity index (χ1) is 14.7. The van der Waals surface area contributed by atoms with Crippen molar-refractivity contribution in [2.24, 2.45) is 11.3 Å². The van der Waals surface area contributed by atoms with Gasteiger partial charge in [0.15, 0.2) is 0 Å². The maximum Gasteiger partial charge on any atom is 0.246 e. The normalized spacial score (nSPS) is 25.5. The number of hydrogen-bond acceptors (Lipinski definition) is 5. The number of carbonyl (C=O) groups is 2. The van der Waals surface area contributed by atoms with Crippen LogP contribution in [0.3, 0.4) is 0 Å². The van der Waals surface area contributed by atoms with Gasteiger partial charge in [0.1, 0.15) is 16.7 Å². The van der Waals surface area contributed by atoms with E-state index in [0.29, 0.717) is 64.2 Å². The molecule has 31 heavy (non-hydrogen) atoms. The Labute approximate surface area is 184 Å². The van der Waals surface area contributed by atoms with E-state index in [0.717, 1.165) is 0 Å². The number of para-hydroxylation sites is 1. The summed E-state index contributed by atoms with van der Waals surface area (Å²) in [5.74, 6) is 0.465. The monoisotopic (exact) mass is 449 g/mol. The molecule has 1 spiro atoms. The minimum Gasteiger partial charge on any atom is -0.492 e. The maximum absolute atomic E-state index is 13.5. The van der Waals surface area contributed by atoms with Crippen molar-refractivity contribution in [3.8, 4) is 5.75 Å². The summed E-state index contributed by atoms with van der Waals surface area (Å²) < 4.78 is 34.6. The zero-order valence-electron chi connectivity index (χ0n) is 18.2. The fourth-order valence-corrected chi connectivity index (χ4v) is 6.60. The highest BCUT2D eigenvalue weighted by Crippen LogP contribution is 2.39. The van der Waals surface area contributed by atoms with Crippen LogP contribution in [0.1, 0.15) is 39.5 Å². The van der Waals surface area contributed by atoms with Crippen molar-refractivity contribution < 1.29 is 22.7 Å². The highest BCUT2D eigenvalue weighted by molar-refractivity contribution is 7.89. The van der Waals surface area contributed by atoms with E-state index in [-0.39, 0.29) is 28.0 Å². The molecule has 1 aromatic carbocycles. The van der Waals surface area contributed by atoms with E-state index >= 15 is 0 Å². The van der Waals surface area contributed by atoms with Gasteiger partial charge < -0.3 is 15.0 Å². The molecule has 1 aromatic rings.